The minimum atomic E-state index is -0.450. The van der Waals surface area contributed by atoms with Gasteiger partial charge in [-0.15, -0.1) is 10.2 Å². The second kappa shape index (κ2) is 9.64. The molecule has 0 saturated carbocycles. The van der Waals surface area contributed by atoms with Crippen LogP contribution in [0.4, 0.5) is 0 Å². The summed E-state index contributed by atoms with van der Waals surface area (Å²) in [4.78, 5) is 15.5. The summed E-state index contributed by atoms with van der Waals surface area (Å²) in [7, 11) is 0. The number of benzene rings is 2. The molecule has 1 aliphatic heterocycles. The molecule has 7 nitrogen and oxygen atoms in total. The zero-order valence-corrected chi connectivity index (χ0v) is 19.1. The number of carbonyl (C=O) groups is 1. The van der Waals surface area contributed by atoms with E-state index in [9.17, 15) is 4.79 Å². The summed E-state index contributed by atoms with van der Waals surface area (Å²) in [6.07, 6.45) is 1.65. The fourth-order valence-corrected chi connectivity index (χ4v) is 5.03. The van der Waals surface area contributed by atoms with Crippen molar-refractivity contribution < 1.29 is 13.9 Å². The van der Waals surface area contributed by atoms with Gasteiger partial charge < -0.3 is 14.1 Å². The fourth-order valence-electron chi connectivity index (χ4n) is 3.89. The van der Waals surface area contributed by atoms with E-state index < -0.39 is 5.25 Å². The Balaban J connectivity index is 1.57. The molecule has 1 amide bonds. The molecule has 0 aliphatic carbocycles. The van der Waals surface area contributed by atoms with Gasteiger partial charge in [-0.3, -0.25) is 9.36 Å². The van der Waals surface area contributed by atoms with Crippen molar-refractivity contribution in [1.82, 2.24) is 19.7 Å². The van der Waals surface area contributed by atoms with Crippen molar-refractivity contribution in [2.45, 2.75) is 17.3 Å². The van der Waals surface area contributed by atoms with Crippen LogP contribution >= 0.6 is 11.8 Å². The van der Waals surface area contributed by atoms with Gasteiger partial charge >= 0.3 is 0 Å². The molecule has 1 fully saturated rings. The third-order valence-electron chi connectivity index (χ3n) is 5.62. The van der Waals surface area contributed by atoms with Gasteiger partial charge in [-0.05, 0) is 30.7 Å². The molecule has 0 radical (unpaired) electrons. The predicted octanol–water partition coefficient (Wildman–Crippen LogP) is 4.53. The first-order valence-electron chi connectivity index (χ1n) is 10.9. The molecule has 1 aliphatic rings. The van der Waals surface area contributed by atoms with E-state index in [1.165, 1.54) is 11.8 Å². The Labute approximate surface area is 196 Å². The van der Waals surface area contributed by atoms with Crippen LogP contribution in [-0.2, 0) is 9.53 Å². The van der Waals surface area contributed by atoms with Gasteiger partial charge in [-0.25, -0.2) is 0 Å². The molecular weight excluding hydrogens is 436 g/mol. The highest BCUT2D eigenvalue weighted by atomic mass is 32.2. The number of hydrogen-bond acceptors (Lipinski definition) is 6. The van der Waals surface area contributed by atoms with Crippen LogP contribution in [0.3, 0.4) is 0 Å². The van der Waals surface area contributed by atoms with Crippen LogP contribution < -0.4 is 0 Å². The number of furan rings is 1. The molecule has 3 heterocycles. The lowest BCUT2D eigenvalue weighted by Gasteiger charge is -2.30. The smallest absolute Gasteiger partial charge is 0.240 e. The average Bonchev–Trinajstić information content (AvgIpc) is 3.49. The van der Waals surface area contributed by atoms with Gasteiger partial charge in [0.15, 0.2) is 11.0 Å². The highest BCUT2D eigenvalue weighted by Gasteiger charge is 2.31. The van der Waals surface area contributed by atoms with E-state index >= 15 is 0 Å². The van der Waals surface area contributed by atoms with Crippen LogP contribution in [0.15, 0.2) is 82.6 Å². The van der Waals surface area contributed by atoms with Crippen LogP contribution in [0.2, 0.25) is 0 Å². The highest BCUT2D eigenvalue weighted by molar-refractivity contribution is 8.00. The highest BCUT2D eigenvalue weighted by Crippen LogP contribution is 2.39. The van der Waals surface area contributed by atoms with E-state index in [0.29, 0.717) is 37.3 Å². The van der Waals surface area contributed by atoms with Gasteiger partial charge in [-0.2, -0.15) is 0 Å². The summed E-state index contributed by atoms with van der Waals surface area (Å²) < 4.78 is 13.0. The number of nitrogens with zero attached hydrogens (tertiary/aromatic N) is 4. The molecule has 5 rings (SSSR count). The quantitative estimate of drug-likeness (QED) is 0.394. The van der Waals surface area contributed by atoms with Crippen LogP contribution in [0.1, 0.15) is 16.6 Å². The fraction of sp³-hybridized carbons (Fsp3) is 0.240. The maximum absolute atomic E-state index is 13.6. The van der Waals surface area contributed by atoms with Crippen LogP contribution in [-0.4, -0.2) is 51.9 Å². The van der Waals surface area contributed by atoms with Gasteiger partial charge in [0.05, 0.1) is 25.0 Å². The largest absolute Gasteiger partial charge is 0.469 e. The van der Waals surface area contributed by atoms with Crippen molar-refractivity contribution in [3.8, 4) is 17.1 Å². The zero-order valence-electron chi connectivity index (χ0n) is 18.3. The number of morpholine rings is 1. The van der Waals surface area contributed by atoms with Crippen molar-refractivity contribution in [1.29, 1.82) is 0 Å². The zero-order chi connectivity index (χ0) is 22.6. The summed E-state index contributed by atoms with van der Waals surface area (Å²) in [6, 6.07) is 21.7. The third-order valence-corrected chi connectivity index (χ3v) is 6.80. The molecule has 168 valence electrons. The van der Waals surface area contributed by atoms with Gasteiger partial charge in [-0.1, -0.05) is 60.3 Å². The molecule has 1 saturated heterocycles. The number of hydrogen-bond donors (Lipinski definition) is 0. The van der Waals surface area contributed by atoms with Crippen LogP contribution in [0.25, 0.3) is 17.1 Å². The lowest BCUT2D eigenvalue weighted by molar-refractivity contribution is -0.134. The number of amides is 1. The molecule has 0 spiro atoms. The van der Waals surface area contributed by atoms with Gasteiger partial charge in [0, 0.05) is 18.8 Å². The normalized spacial score (nSPS) is 14.9. The number of thioether (sulfide) groups is 1. The SMILES string of the molecule is Cc1occc1-c1nnc(S[C@H](C(=O)N2CCOCC2)c2ccccc2)n1-c1ccccc1. The first-order chi connectivity index (χ1) is 16.2. The first kappa shape index (κ1) is 21.5. The molecule has 8 heteroatoms. The minimum Gasteiger partial charge on any atom is -0.469 e. The van der Waals surface area contributed by atoms with Crippen molar-refractivity contribution in [2.75, 3.05) is 26.3 Å². The van der Waals surface area contributed by atoms with Crippen molar-refractivity contribution >= 4 is 17.7 Å². The van der Waals surface area contributed by atoms with Gasteiger partial charge in [0.1, 0.15) is 11.0 Å². The molecule has 0 bridgehead atoms. The van der Waals surface area contributed by atoms with E-state index in [0.717, 1.165) is 22.6 Å². The maximum atomic E-state index is 13.6. The van der Waals surface area contributed by atoms with E-state index in [1.54, 1.807) is 6.26 Å². The molecule has 2 aromatic heterocycles. The van der Waals surface area contributed by atoms with Gasteiger partial charge in [0.25, 0.3) is 0 Å². The molecule has 1 atom stereocenters. The van der Waals surface area contributed by atoms with Crippen LogP contribution in [0.5, 0.6) is 0 Å². The Morgan fingerprint density at radius 2 is 1.67 bits per heavy atom. The average molecular weight is 461 g/mol. The lowest BCUT2D eigenvalue weighted by Crippen LogP contribution is -2.42. The van der Waals surface area contributed by atoms with Crippen molar-refractivity contribution in [2.24, 2.45) is 0 Å². The molecule has 2 aromatic carbocycles. The molecule has 33 heavy (non-hydrogen) atoms. The number of aromatic nitrogens is 3. The second-order valence-electron chi connectivity index (χ2n) is 7.71. The molecular formula is C25H24N4O3S. The number of carbonyl (C=O) groups excluding carboxylic acids is 1. The topological polar surface area (TPSA) is 73.4 Å². The van der Waals surface area contributed by atoms with E-state index in [-0.39, 0.29) is 5.91 Å². The second-order valence-corrected chi connectivity index (χ2v) is 8.79. The summed E-state index contributed by atoms with van der Waals surface area (Å²) in [5, 5.41) is 9.22. The number of para-hydroxylation sites is 1. The Morgan fingerprint density at radius 3 is 2.33 bits per heavy atom. The maximum Gasteiger partial charge on any atom is 0.240 e. The minimum absolute atomic E-state index is 0.0538. The van der Waals surface area contributed by atoms with Crippen LogP contribution in [0, 0.1) is 6.92 Å². The van der Waals surface area contributed by atoms with Gasteiger partial charge in [0.2, 0.25) is 5.91 Å². The lowest BCUT2D eigenvalue weighted by atomic mass is 10.1. The summed E-state index contributed by atoms with van der Waals surface area (Å²) in [5.74, 6) is 1.50. The van der Waals surface area contributed by atoms with E-state index in [4.69, 9.17) is 9.15 Å². The monoisotopic (exact) mass is 460 g/mol. The number of aryl methyl sites for hydroxylation is 1. The van der Waals surface area contributed by atoms with E-state index in [1.807, 2.05) is 83.1 Å². The summed E-state index contributed by atoms with van der Waals surface area (Å²) in [6.45, 7) is 4.20. The standard InChI is InChI=1S/C25H24N4O3S/c1-18-21(12-15-32-18)23-26-27-25(29(23)20-10-6-3-7-11-20)33-22(19-8-4-2-5-9-19)24(30)28-13-16-31-17-14-28/h2-12,15,22H,13-14,16-17H2,1H3/t22-/m0/s1. The predicted molar refractivity (Wildman–Crippen MR) is 126 cm³/mol. The Morgan fingerprint density at radius 1 is 0.970 bits per heavy atom. The Hall–Kier alpha value is -3.36. The Bertz CT molecular complexity index is 1220. The summed E-state index contributed by atoms with van der Waals surface area (Å²) >= 11 is 1.42. The third kappa shape index (κ3) is 4.44. The molecule has 0 unspecified atom stereocenters. The molecule has 0 N–H and O–H groups in total. The van der Waals surface area contributed by atoms with Crippen molar-refractivity contribution in [3.63, 3.8) is 0 Å². The number of ether oxygens (including phenoxy) is 1. The number of rotatable bonds is 6. The molecule has 4 aromatic rings. The van der Waals surface area contributed by atoms with Crippen molar-refractivity contribution in [3.05, 3.63) is 84.3 Å². The van der Waals surface area contributed by atoms with E-state index in [2.05, 4.69) is 10.2 Å². The summed E-state index contributed by atoms with van der Waals surface area (Å²) in [5.41, 5.74) is 2.72. The first-order valence-corrected chi connectivity index (χ1v) is 11.7. The Kier molecular flexibility index (Phi) is 6.28.